The molecule has 2 aromatic rings. The molecule has 1 aromatic heterocycles. The molecule has 21 heavy (non-hydrogen) atoms. The fourth-order valence-electron chi connectivity index (χ4n) is 2.36. The Bertz CT molecular complexity index is 595. The predicted octanol–water partition coefficient (Wildman–Crippen LogP) is 2.56. The van der Waals surface area contributed by atoms with Crippen LogP contribution < -0.4 is 10.9 Å². The van der Waals surface area contributed by atoms with E-state index in [1.807, 2.05) is 55.6 Å². The van der Waals surface area contributed by atoms with Gasteiger partial charge in [-0.3, -0.25) is 5.43 Å². The Balaban J connectivity index is 1.55. The van der Waals surface area contributed by atoms with E-state index in [2.05, 4.69) is 16.0 Å². The van der Waals surface area contributed by atoms with Gasteiger partial charge in [0, 0.05) is 12.5 Å². The number of nitrogens with zero attached hydrogens (tertiary/aromatic N) is 1. The van der Waals surface area contributed by atoms with Crippen LogP contribution >= 0.6 is 0 Å². The van der Waals surface area contributed by atoms with Crippen LogP contribution in [0.4, 0.5) is 0 Å². The lowest BCUT2D eigenvalue weighted by Crippen LogP contribution is -2.24. The van der Waals surface area contributed by atoms with Gasteiger partial charge in [-0.1, -0.05) is 35.5 Å². The van der Waals surface area contributed by atoms with Crippen molar-refractivity contribution in [2.75, 3.05) is 6.54 Å². The van der Waals surface area contributed by atoms with Gasteiger partial charge in [-0.05, 0) is 24.6 Å². The molecule has 1 aliphatic rings. The van der Waals surface area contributed by atoms with E-state index in [1.165, 1.54) is 0 Å². The van der Waals surface area contributed by atoms with Crippen molar-refractivity contribution in [2.24, 2.45) is 11.1 Å². The fraction of sp³-hybridized carbons (Fsp3) is 0.312. The fourth-order valence-corrected chi connectivity index (χ4v) is 2.36. The molecule has 2 heterocycles. The molecule has 1 fully saturated rings. The minimum atomic E-state index is 0.0859. The number of furan rings is 1. The Morgan fingerprint density at radius 3 is 2.90 bits per heavy atom. The van der Waals surface area contributed by atoms with E-state index in [4.69, 9.17) is 9.25 Å². The van der Waals surface area contributed by atoms with E-state index in [9.17, 15) is 0 Å². The Morgan fingerprint density at radius 2 is 2.14 bits per heavy atom. The second-order valence-corrected chi connectivity index (χ2v) is 5.13. The van der Waals surface area contributed by atoms with Crippen molar-refractivity contribution >= 4 is 6.21 Å². The predicted molar refractivity (Wildman–Crippen MR) is 80.5 cm³/mol. The van der Waals surface area contributed by atoms with Crippen LogP contribution in [0.2, 0.25) is 0 Å². The van der Waals surface area contributed by atoms with Crippen LogP contribution in [0.3, 0.4) is 0 Å². The molecule has 2 atom stereocenters. The van der Waals surface area contributed by atoms with Crippen molar-refractivity contribution < 1.29 is 9.25 Å². The smallest absolute Gasteiger partial charge is 0.142 e. The molecule has 0 bridgehead atoms. The van der Waals surface area contributed by atoms with E-state index >= 15 is 0 Å². The Labute approximate surface area is 123 Å². The summed E-state index contributed by atoms with van der Waals surface area (Å²) < 4.78 is 5.67. The molecule has 3 rings (SSSR count). The molecule has 0 aliphatic carbocycles. The van der Waals surface area contributed by atoms with Crippen LogP contribution in [-0.4, -0.2) is 12.8 Å². The summed E-state index contributed by atoms with van der Waals surface area (Å²) in [7, 11) is 0. The molecule has 5 nitrogen and oxygen atoms in total. The highest BCUT2D eigenvalue weighted by atomic mass is 16.6. The molecule has 0 radical (unpaired) electrons. The molecule has 1 aromatic carbocycles. The minimum Gasteiger partial charge on any atom is -0.465 e. The van der Waals surface area contributed by atoms with Gasteiger partial charge in [-0.2, -0.15) is 0 Å². The first-order chi connectivity index (χ1) is 10.3. The summed E-state index contributed by atoms with van der Waals surface area (Å²) in [5, 5.41) is 4.08. The normalized spacial score (nSPS) is 22.0. The number of oxime groups is 1. The van der Waals surface area contributed by atoms with Gasteiger partial charge in [0.25, 0.3) is 0 Å². The summed E-state index contributed by atoms with van der Waals surface area (Å²) in [4.78, 5) is 5.35. The number of hydrogen-bond acceptors (Lipinski definition) is 5. The lowest BCUT2D eigenvalue weighted by molar-refractivity contribution is 0.130. The first-order valence-electron chi connectivity index (χ1n) is 7.07. The summed E-state index contributed by atoms with van der Waals surface area (Å²) in [5.41, 5.74) is 7.44. The molecule has 1 saturated heterocycles. The van der Waals surface area contributed by atoms with Crippen molar-refractivity contribution in [3.63, 3.8) is 0 Å². The van der Waals surface area contributed by atoms with Gasteiger partial charge in [-0.25, -0.2) is 5.43 Å². The average molecular weight is 285 g/mol. The maximum atomic E-state index is 5.67. The molecule has 2 unspecified atom stereocenters. The lowest BCUT2D eigenvalue weighted by atomic mass is 10.0. The monoisotopic (exact) mass is 285 g/mol. The van der Waals surface area contributed by atoms with Crippen LogP contribution in [0, 0.1) is 12.8 Å². The highest BCUT2D eigenvalue weighted by molar-refractivity contribution is 5.62. The van der Waals surface area contributed by atoms with Crippen molar-refractivity contribution in [3.8, 4) is 0 Å². The highest BCUT2D eigenvalue weighted by Gasteiger charge is 2.29. The van der Waals surface area contributed by atoms with Gasteiger partial charge in [-0.15, -0.1) is 0 Å². The molecule has 2 N–H and O–H groups in total. The van der Waals surface area contributed by atoms with Gasteiger partial charge in [0.1, 0.15) is 18.1 Å². The molecule has 110 valence electrons. The number of hydrazine groups is 1. The standard InChI is InChI=1S/C16H19N3O2/c1-12-7-8-15(21-12)16-14(9-17-19-16)10-18-20-11-13-5-3-2-4-6-13/h2-8,10,14,16-17,19H,9,11H2,1H3/b18-10+. The third-order valence-electron chi connectivity index (χ3n) is 3.49. The molecule has 0 saturated carbocycles. The molecule has 0 amide bonds. The maximum Gasteiger partial charge on any atom is 0.142 e. The zero-order chi connectivity index (χ0) is 14.5. The van der Waals surface area contributed by atoms with Gasteiger partial charge >= 0.3 is 0 Å². The number of rotatable bonds is 5. The number of nitrogens with one attached hydrogen (secondary N) is 2. The van der Waals surface area contributed by atoms with E-state index in [0.717, 1.165) is 23.6 Å². The summed E-state index contributed by atoms with van der Waals surface area (Å²) >= 11 is 0. The van der Waals surface area contributed by atoms with Crippen molar-refractivity contribution in [1.29, 1.82) is 0 Å². The molecule has 0 spiro atoms. The van der Waals surface area contributed by atoms with Crippen LogP contribution in [0.5, 0.6) is 0 Å². The second kappa shape index (κ2) is 6.56. The molecule has 5 heteroatoms. The van der Waals surface area contributed by atoms with Crippen LogP contribution in [0.15, 0.2) is 52.0 Å². The van der Waals surface area contributed by atoms with Gasteiger partial charge in [0.2, 0.25) is 0 Å². The first kappa shape index (κ1) is 13.9. The Morgan fingerprint density at radius 1 is 1.29 bits per heavy atom. The lowest BCUT2D eigenvalue weighted by Gasteiger charge is -2.11. The Hall–Kier alpha value is -2.11. The van der Waals surface area contributed by atoms with E-state index in [0.29, 0.717) is 6.61 Å². The highest BCUT2D eigenvalue weighted by Crippen LogP contribution is 2.25. The topological polar surface area (TPSA) is 58.8 Å². The number of hydrogen-bond donors (Lipinski definition) is 2. The quantitative estimate of drug-likeness (QED) is 0.655. The van der Waals surface area contributed by atoms with Crippen molar-refractivity contribution in [3.05, 3.63) is 59.5 Å². The third-order valence-corrected chi connectivity index (χ3v) is 3.49. The zero-order valence-electron chi connectivity index (χ0n) is 12.0. The van der Waals surface area contributed by atoms with Crippen molar-refractivity contribution in [1.82, 2.24) is 10.9 Å². The largest absolute Gasteiger partial charge is 0.465 e. The van der Waals surface area contributed by atoms with Gasteiger partial charge in [0.05, 0.1) is 12.3 Å². The summed E-state index contributed by atoms with van der Waals surface area (Å²) in [6.45, 7) is 3.22. The third kappa shape index (κ3) is 3.51. The summed E-state index contributed by atoms with van der Waals surface area (Å²) in [6.07, 6.45) is 1.83. The van der Waals surface area contributed by atoms with Gasteiger partial charge < -0.3 is 9.25 Å². The molecular weight excluding hydrogens is 266 g/mol. The second-order valence-electron chi connectivity index (χ2n) is 5.13. The van der Waals surface area contributed by atoms with E-state index in [1.54, 1.807) is 0 Å². The van der Waals surface area contributed by atoms with Crippen LogP contribution in [0.25, 0.3) is 0 Å². The van der Waals surface area contributed by atoms with E-state index < -0.39 is 0 Å². The Kier molecular flexibility index (Phi) is 4.33. The van der Waals surface area contributed by atoms with Crippen LogP contribution in [0.1, 0.15) is 23.1 Å². The minimum absolute atomic E-state index is 0.0859. The average Bonchev–Trinajstić information content (AvgIpc) is 3.13. The SMILES string of the molecule is Cc1ccc(C2NNCC2/C=N/OCc2ccccc2)o1. The van der Waals surface area contributed by atoms with Gasteiger partial charge in [0.15, 0.2) is 0 Å². The number of benzene rings is 1. The summed E-state index contributed by atoms with van der Waals surface area (Å²) in [6, 6.07) is 14.0. The molecule has 1 aliphatic heterocycles. The first-order valence-corrected chi connectivity index (χ1v) is 7.07. The maximum absolute atomic E-state index is 5.67. The zero-order valence-corrected chi connectivity index (χ0v) is 12.0. The number of aryl methyl sites for hydroxylation is 1. The van der Waals surface area contributed by atoms with E-state index in [-0.39, 0.29) is 12.0 Å². The van der Waals surface area contributed by atoms with Crippen LogP contribution in [-0.2, 0) is 11.4 Å². The summed E-state index contributed by atoms with van der Waals surface area (Å²) in [5.74, 6) is 2.03. The molecular formula is C16H19N3O2. The van der Waals surface area contributed by atoms with Crippen molar-refractivity contribution in [2.45, 2.75) is 19.6 Å².